The van der Waals surface area contributed by atoms with E-state index in [1.807, 2.05) is 7.05 Å². The van der Waals surface area contributed by atoms with Gasteiger partial charge in [0, 0.05) is 26.0 Å². The van der Waals surface area contributed by atoms with Crippen LogP contribution in [-0.4, -0.2) is 38.1 Å². The number of halogens is 1. The van der Waals surface area contributed by atoms with Gasteiger partial charge in [0.1, 0.15) is 6.33 Å². The summed E-state index contributed by atoms with van der Waals surface area (Å²) in [6.07, 6.45) is 11.7. The molecule has 0 unspecified atom stereocenters. The van der Waals surface area contributed by atoms with Crippen molar-refractivity contribution in [2.75, 3.05) is 18.5 Å². The third-order valence-corrected chi connectivity index (χ3v) is 4.09. The van der Waals surface area contributed by atoms with Gasteiger partial charge in [0.25, 0.3) is 0 Å². The van der Waals surface area contributed by atoms with Gasteiger partial charge >= 0.3 is 0 Å². The smallest absolute Gasteiger partial charge is 0.241 e. The van der Waals surface area contributed by atoms with Gasteiger partial charge in [-0.05, 0) is 30.4 Å². The molecule has 0 spiro atoms. The first-order valence-corrected chi connectivity index (χ1v) is 7.71. The van der Waals surface area contributed by atoms with Crippen LogP contribution in [0.1, 0.15) is 32.1 Å². The molecule has 21 heavy (non-hydrogen) atoms. The van der Waals surface area contributed by atoms with Gasteiger partial charge in [-0.2, -0.15) is 15.0 Å². The van der Waals surface area contributed by atoms with Crippen molar-refractivity contribution >= 4 is 17.5 Å². The molecule has 6 nitrogen and oxygen atoms in total. The van der Waals surface area contributed by atoms with Crippen molar-refractivity contribution in [3.05, 3.63) is 24.0 Å². The molecule has 1 aliphatic carbocycles. The molecule has 0 atom stereocenters. The van der Waals surface area contributed by atoms with Crippen LogP contribution in [0.25, 0.3) is 5.95 Å². The molecule has 1 fully saturated rings. The monoisotopic (exact) mass is 306 g/mol. The Balaban J connectivity index is 1.77. The van der Waals surface area contributed by atoms with Gasteiger partial charge in [-0.3, -0.25) is 4.57 Å². The number of nitrogens with zero attached hydrogens (tertiary/aromatic N) is 6. The average molecular weight is 307 g/mol. The quantitative estimate of drug-likeness (QED) is 0.869. The summed E-state index contributed by atoms with van der Waals surface area (Å²) in [4.78, 5) is 18.9. The first-order valence-electron chi connectivity index (χ1n) is 7.33. The molecule has 1 aliphatic rings. The minimum absolute atomic E-state index is 0.208. The molecule has 3 rings (SSSR count). The molecular formula is C14H19ClN6. The molecule has 0 aromatic carbocycles. The molecule has 0 saturated heterocycles. The van der Waals surface area contributed by atoms with Crippen molar-refractivity contribution < 1.29 is 0 Å². The molecule has 0 N–H and O–H groups in total. The number of aromatic nitrogens is 5. The maximum Gasteiger partial charge on any atom is 0.241 e. The Morgan fingerprint density at radius 2 is 2.05 bits per heavy atom. The van der Waals surface area contributed by atoms with Crippen molar-refractivity contribution in [1.82, 2.24) is 24.5 Å². The van der Waals surface area contributed by atoms with Gasteiger partial charge in [-0.1, -0.05) is 19.3 Å². The summed E-state index contributed by atoms with van der Waals surface area (Å²) in [5, 5.41) is 0.208. The van der Waals surface area contributed by atoms with E-state index in [9.17, 15) is 0 Å². The van der Waals surface area contributed by atoms with E-state index in [1.54, 1.807) is 23.3 Å². The van der Waals surface area contributed by atoms with E-state index in [1.165, 1.54) is 32.1 Å². The second-order valence-electron chi connectivity index (χ2n) is 5.56. The molecule has 0 bridgehead atoms. The Bertz CT molecular complexity index is 579. The lowest BCUT2D eigenvalue weighted by Crippen LogP contribution is -2.28. The highest BCUT2D eigenvalue weighted by atomic mass is 35.5. The van der Waals surface area contributed by atoms with Crippen LogP contribution in [-0.2, 0) is 0 Å². The highest BCUT2D eigenvalue weighted by molar-refractivity contribution is 6.28. The predicted octanol–water partition coefficient (Wildman–Crippen LogP) is 2.73. The molecular weight excluding hydrogens is 288 g/mol. The van der Waals surface area contributed by atoms with E-state index in [2.05, 4.69) is 24.8 Å². The van der Waals surface area contributed by atoms with E-state index in [4.69, 9.17) is 11.6 Å². The largest absolute Gasteiger partial charge is 0.343 e. The van der Waals surface area contributed by atoms with Crippen LogP contribution in [0.3, 0.4) is 0 Å². The van der Waals surface area contributed by atoms with Crippen LogP contribution < -0.4 is 4.90 Å². The van der Waals surface area contributed by atoms with Crippen molar-refractivity contribution in [2.24, 2.45) is 5.92 Å². The van der Waals surface area contributed by atoms with Gasteiger partial charge in [0.2, 0.25) is 17.2 Å². The minimum atomic E-state index is 0.208. The lowest BCUT2D eigenvalue weighted by atomic mass is 9.89. The number of hydrogen-bond donors (Lipinski definition) is 0. The third kappa shape index (κ3) is 3.50. The highest BCUT2D eigenvalue weighted by Crippen LogP contribution is 2.25. The Labute approximate surface area is 129 Å². The van der Waals surface area contributed by atoms with E-state index in [0.717, 1.165) is 12.5 Å². The van der Waals surface area contributed by atoms with E-state index < -0.39 is 0 Å². The normalized spacial score (nSPS) is 16.1. The van der Waals surface area contributed by atoms with Gasteiger partial charge < -0.3 is 4.90 Å². The molecule has 2 heterocycles. The predicted molar refractivity (Wildman–Crippen MR) is 81.8 cm³/mol. The summed E-state index contributed by atoms with van der Waals surface area (Å²) in [5.74, 6) is 1.83. The van der Waals surface area contributed by atoms with Crippen LogP contribution in [0, 0.1) is 5.92 Å². The standard InChI is InChI=1S/C14H19ClN6/c1-20(9-11-5-3-2-4-6-11)13-17-12(15)18-14(19-13)21-8-7-16-10-21/h7-8,10-11H,2-6,9H2,1H3. The molecule has 1 saturated carbocycles. The summed E-state index contributed by atoms with van der Waals surface area (Å²) in [5.41, 5.74) is 0. The lowest BCUT2D eigenvalue weighted by Gasteiger charge is -2.27. The zero-order chi connectivity index (χ0) is 14.7. The topological polar surface area (TPSA) is 59.7 Å². The van der Waals surface area contributed by atoms with Crippen molar-refractivity contribution in [3.63, 3.8) is 0 Å². The van der Waals surface area contributed by atoms with Crippen LogP contribution in [0.4, 0.5) is 5.95 Å². The van der Waals surface area contributed by atoms with E-state index in [-0.39, 0.29) is 5.28 Å². The third-order valence-electron chi connectivity index (χ3n) is 3.92. The van der Waals surface area contributed by atoms with E-state index >= 15 is 0 Å². The van der Waals surface area contributed by atoms with Gasteiger partial charge in [-0.15, -0.1) is 0 Å². The second-order valence-corrected chi connectivity index (χ2v) is 5.90. The fourth-order valence-electron chi connectivity index (χ4n) is 2.83. The SMILES string of the molecule is CN(CC1CCCCC1)c1nc(Cl)nc(-n2ccnc2)n1. The van der Waals surface area contributed by atoms with Crippen LogP contribution in [0.15, 0.2) is 18.7 Å². The maximum absolute atomic E-state index is 6.03. The van der Waals surface area contributed by atoms with Crippen molar-refractivity contribution in [3.8, 4) is 5.95 Å². The molecule has 7 heteroatoms. The second kappa shape index (κ2) is 6.39. The summed E-state index contributed by atoms with van der Waals surface area (Å²) in [6, 6.07) is 0. The lowest BCUT2D eigenvalue weighted by molar-refractivity contribution is 0.361. The number of imidazole rings is 1. The van der Waals surface area contributed by atoms with Gasteiger partial charge in [-0.25, -0.2) is 4.98 Å². The first kappa shape index (κ1) is 14.3. The molecule has 0 radical (unpaired) electrons. The van der Waals surface area contributed by atoms with Crippen molar-refractivity contribution in [2.45, 2.75) is 32.1 Å². The van der Waals surface area contributed by atoms with Crippen LogP contribution >= 0.6 is 11.6 Å². The Kier molecular flexibility index (Phi) is 4.34. The summed E-state index contributed by atoms with van der Waals surface area (Å²) < 4.78 is 1.73. The minimum Gasteiger partial charge on any atom is -0.343 e. The molecule has 2 aromatic rings. The van der Waals surface area contributed by atoms with Crippen LogP contribution in [0.2, 0.25) is 5.28 Å². The maximum atomic E-state index is 6.03. The molecule has 0 amide bonds. The average Bonchev–Trinajstić information content (AvgIpc) is 3.02. The van der Waals surface area contributed by atoms with Crippen molar-refractivity contribution in [1.29, 1.82) is 0 Å². The fourth-order valence-corrected chi connectivity index (χ4v) is 2.98. The Morgan fingerprint density at radius 3 is 2.76 bits per heavy atom. The molecule has 2 aromatic heterocycles. The number of rotatable bonds is 4. The summed E-state index contributed by atoms with van der Waals surface area (Å²) >= 11 is 6.03. The summed E-state index contributed by atoms with van der Waals surface area (Å²) in [7, 11) is 2.01. The highest BCUT2D eigenvalue weighted by Gasteiger charge is 2.18. The zero-order valence-corrected chi connectivity index (χ0v) is 12.9. The Hall–Kier alpha value is -1.69. The summed E-state index contributed by atoms with van der Waals surface area (Å²) in [6.45, 7) is 0.962. The van der Waals surface area contributed by atoms with Gasteiger partial charge in [0.05, 0.1) is 0 Å². The van der Waals surface area contributed by atoms with Gasteiger partial charge in [0.15, 0.2) is 0 Å². The zero-order valence-electron chi connectivity index (χ0n) is 12.1. The first-order chi connectivity index (χ1) is 10.2. The molecule has 0 aliphatic heterocycles. The Morgan fingerprint density at radius 1 is 1.24 bits per heavy atom. The van der Waals surface area contributed by atoms with Crippen LogP contribution in [0.5, 0.6) is 0 Å². The number of anilines is 1. The van der Waals surface area contributed by atoms with E-state index in [0.29, 0.717) is 11.9 Å². The molecule has 112 valence electrons. The fraction of sp³-hybridized carbons (Fsp3) is 0.571. The number of hydrogen-bond acceptors (Lipinski definition) is 5.